The molecule has 10 nitrogen and oxygen atoms in total. The minimum atomic E-state index is -4.85. The van der Waals surface area contributed by atoms with Crippen LogP contribution in [0, 0.1) is 11.3 Å². The number of fused-ring (bicyclic) bond motifs is 1. The van der Waals surface area contributed by atoms with Crippen molar-refractivity contribution in [3.05, 3.63) is 81.5 Å². The Morgan fingerprint density at radius 1 is 1.18 bits per heavy atom. The predicted octanol–water partition coefficient (Wildman–Crippen LogP) is 2.14. The van der Waals surface area contributed by atoms with Crippen molar-refractivity contribution in [2.24, 2.45) is 0 Å². The van der Waals surface area contributed by atoms with E-state index >= 15 is 0 Å². The normalized spacial score (nSPS) is 18.9. The number of halogens is 3. The van der Waals surface area contributed by atoms with Crippen LogP contribution >= 0.6 is 0 Å². The third kappa shape index (κ3) is 5.41. The van der Waals surface area contributed by atoms with Crippen LogP contribution in [0.4, 0.5) is 24.5 Å². The Kier molecular flexibility index (Phi) is 7.81. The molecule has 2 aliphatic rings. The van der Waals surface area contributed by atoms with Crippen molar-refractivity contribution in [1.82, 2.24) is 25.8 Å². The summed E-state index contributed by atoms with van der Waals surface area (Å²) in [4.78, 5) is 32.8. The van der Waals surface area contributed by atoms with Gasteiger partial charge in [0.15, 0.2) is 5.78 Å². The largest absolute Gasteiger partial charge is 0.423 e. The molecule has 208 valence electrons. The van der Waals surface area contributed by atoms with Crippen molar-refractivity contribution in [1.29, 1.82) is 5.26 Å². The minimum Gasteiger partial charge on any atom is -0.358 e. The summed E-state index contributed by atoms with van der Waals surface area (Å²) in [5, 5.41) is 21.4. The zero-order chi connectivity index (χ0) is 28.3. The van der Waals surface area contributed by atoms with Gasteiger partial charge in [0, 0.05) is 38.6 Å². The number of rotatable bonds is 8. The van der Waals surface area contributed by atoms with Gasteiger partial charge in [-0.05, 0) is 30.2 Å². The van der Waals surface area contributed by atoms with Gasteiger partial charge in [-0.1, -0.05) is 24.3 Å². The van der Waals surface area contributed by atoms with E-state index in [0.29, 0.717) is 43.9 Å². The molecule has 2 aliphatic heterocycles. The highest BCUT2D eigenvalue weighted by Crippen LogP contribution is 2.43. The average molecular weight is 553 g/mol. The van der Waals surface area contributed by atoms with E-state index in [1.54, 1.807) is 17.2 Å². The maximum absolute atomic E-state index is 13.8. The van der Waals surface area contributed by atoms with Crippen molar-refractivity contribution in [3.8, 4) is 6.07 Å². The molecule has 0 saturated carbocycles. The number of hydrogen-bond acceptors (Lipinski definition) is 9. The van der Waals surface area contributed by atoms with E-state index in [1.165, 1.54) is 6.20 Å². The standard InChI is InChI=1S/C27H27F3N8O2/c28-27(29,30)25-23(14-35-36-26(25)40)38-16-17-3-1-2-4-19(17)21(38)6-8-33-15-24(39)22-13-34-9-10-37(22)20-5-7-32-12-18(20)11-31/h1-5,7,12,14,21-22,33-34H,6,8-10,13,15-16H2,(H,36,40)/t21-,22?/m0/s1. The SMILES string of the molecule is N#Cc1cnccc1N1CCNCC1C(=O)CNCC[C@H]1c2ccccc2CN1c1cn[nH]c(=O)c1C(F)(F)F. The molecular formula is C27H27F3N8O2. The van der Waals surface area contributed by atoms with Gasteiger partial charge in [0.05, 0.1) is 35.7 Å². The van der Waals surface area contributed by atoms with Crippen LogP contribution in [0.5, 0.6) is 0 Å². The summed E-state index contributed by atoms with van der Waals surface area (Å²) >= 11 is 0. The number of Topliss-reactive ketones (excluding diaryl/α,β-unsaturated/α-hetero) is 1. The van der Waals surface area contributed by atoms with Crippen LogP contribution in [0.2, 0.25) is 0 Å². The number of alkyl halides is 3. The fourth-order valence-electron chi connectivity index (χ4n) is 5.48. The number of anilines is 2. The molecule has 2 atom stereocenters. The summed E-state index contributed by atoms with van der Waals surface area (Å²) in [6.07, 6.45) is -0.356. The molecule has 1 fully saturated rings. The molecule has 4 heterocycles. The smallest absolute Gasteiger partial charge is 0.358 e. The maximum Gasteiger partial charge on any atom is 0.423 e. The van der Waals surface area contributed by atoms with Crippen LogP contribution in [0.3, 0.4) is 0 Å². The highest BCUT2D eigenvalue weighted by Gasteiger charge is 2.41. The molecule has 0 spiro atoms. The molecule has 0 radical (unpaired) electrons. The third-order valence-electron chi connectivity index (χ3n) is 7.30. The number of pyridine rings is 1. The van der Waals surface area contributed by atoms with Crippen molar-refractivity contribution < 1.29 is 18.0 Å². The van der Waals surface area contributed by atoms with E-state index in [9.17, 15) is 28.0 Å². The molecule has 0 bridgehead atoms. The highest BCUT2D eigenvalue weighted by atomic mass is 19.4. The number of carbonyl (C=O) groups is 1. The van der Waals surface area contributed by atoms with Gasteiger partial charge in [0.1, 0.15) is 17.7 Å². The van der Waals surface area contributed by atoms with Gasteiger partial charge in [-0.2, -0.15) is 23.5 Å². The van der Waals surface area contributed by atoms with Crippen LogP contribution in [0.15, 0.2) is 53.7 Å². The molecule has 40 heavy (non-hydrogen) atoms. The molecule has 5 rings (SSSR count). The van der Waals surface area contributed by atoms with E-state index in [0.717, 1.165) is 17.3 Å². The van der Waals surface area contributed by atoms with Crippen LogP contribution in [0.1, 0.15) is 34.7 Å². The highest BCUT2D eigenvalue weighted by molar-refractivity contribution is 5.90. The number of piperazine rings is 1. The number of carbonyl (C=O) groups excluding carboxylic acids is 1. The lowest BCUT2D eigenvalue weighted by molar-refractivity contribution is -0.138. The molecule has 1 saturated heterocycles. The van der Waals surface area contributed by atoms with Crippen molar-refractivity contribution in [2.75, 3.05) is 42.5 Å². The zero-order valence-electron chi connectivity index (χ0n) is 21.4. The first kappa shape index (κ1) is 27.3. The Morgan fingerprint density at radius 2 is 2.00 bits per heavy atom. The number of H-pyrrole nitrogens is 1. The van der Waals surface area contributed by atoms with Gasteiger partial charge < -0.3 is 20.4 Å². The van der Waals surface area contributed by atoms with Crippen LogP contribution < -0.4 is 26.0 Å². The molecule has 13 heteroatoms. The number of hydrogen-bond donors (Lipinski definition) is 3. The molecule has 1 unspecified atom stereocenters. The summed E-state index contributed by atoms with van der Waals surface area (Å²) in [6.45, 7) is 2.23. The van der Waals surface area contributed by atoms with Gasteiger partial charge in [-0.3, -0.25) is 14.6 Å². The number of aromatic amines is 1. The van der Waals surface area contributed by atoms with E-state index in [2.05, 4.69) is 26.8 Å². The topological polar surface area (TPSA) is 130 Å². The molecule has 3 aromatic rings. The summed E-state index contributed by atoms with van der Waals surface area (Å²) in [6, 6.07) is 10.3. The van der Waals surface area contributed by atoms with Crippen molar-refractivity contribution in [2.45, 2.75) is 31.2 Å². The molecule has 1 aromatic carbocycles. The monoisotopic (exact) mass is 552 g/mol. The second-order valence-electron chi connectivity index (χ2n) is 9.65. The van der Waals surface area contributed by atoms with Gasteiger partial charge in [-0.15, -0.1) is 0 Å². The molecular weight excluding hydrogens is 525 g/mol. The quantitative estimate of drug-likeness (QED) is 0.360. The summed E-state index contributed by atoms with van der Waals surface area (Å²) in [7, 11) is 0. The molecule has 0 amide bonds. The first-order valence-corrected chi connectivity index (χ1v) is 12.8. The van der Waals surface area contributed by atoms with E-state index in [-0.39, 0.29) is 24.6 Å². The Balaban J connectivity index is 1.29. The van der Waals surface area contributed by atoms with E-state index < -0.39 is 29.4 Å². The average Bonchev–Trinajstić information content (AvgIpc) is 3.32. The second kappa shape index (κ2) is 11.4. The van der Waals surface area contributed by atoms with Crippen molar-refractivity contribution >= 4 is 17.2 Å². The molecule has 2 aromatic heterocycles. The van der Waals surface area contributed by atoms with E-state index in [1.807, 2.05) is 34.3 Å². The minimum absolute atomic E-state index is 0.0462. The van der Waals surface area contributed by atoms with Crippen molar-refractivity contribution in [3.63, 3.8) is 0 Å². The third-order valence-corrected chi connectivity index (χ3v) is 7.30. The summed E-state index contributed by atoms with van der Waals surface area (Å²) in [5.41, 5.74) is -0.0582. The van der Waals surface area contributed by atoms with Crippen LogP contribution in [0.25, 0.3) is 0 Å². The Morgan fingerprint density at radius 3 is 2.80 bits per heavy atom. The fourth-order valence-corrected chi connectivity index (χ4v) is 5.48. The van der Waals surface area contributed by atoms with E-state index in [4.69, 9.17) is 0 Å². The summed E-state index contributed by atoms with van der Waals surface area (Å²) in [5.74, 6) is -0.0743. The first-order valence-electron chi connectivity index (χ1n) is 12.8. The zero-order valence-corrected chi connectivity index (χ0v) is 21.4. The second-order valence-corrected chi connectivity index (χ2v) is 9.65. The summed E-state index contributed by atoms with van der Waals surface area (Å²) < 4.78 is 41.5. The number of benzene rings is 1. The van der Waals surface area contributed by atoms with Gasteiger partial charge in [0.25, 0.3) is 5.56 Å². The number of nitriles is 1. The maximum atomic E-state index is 13.8. The predicted molar refractivity (Wildman–Crippen MR) is 141 cm³/mol. The lowest BCUT2D eigenvalue weighted by Gasteiger charge is -2.37. The lowest BCUT2D eigenvalue weighted by Crippen LogP contribution is -2.57. The number of aromatic nitrogens is 3. The Hall–Kier alpha value is -4.28. The van der Waals surface area contributed by atoms with Gasteiger partial charge in [0.2, 0.25) is 0 Å². The molecule has 0 aliphatic carbocycles. The first-order chi connectivity index (χ1) is 19.3. The van der Waals surface area contributed by atoms with Crippen LogP contribution in [-0.4, -0.2) is 59.7 Å². The fraction of sp³-hybridized carbons (Fsp3) is 0.370. The number of ketones is 1. The number of nitrogens with zero attached hydrogens (tertiary/aromatic N) is 5. The van der Waals surface area contributed by atoms with Crippen LogP contribution in [-0.2, 0) is 17.5 Å². The lowest BCUT2D eigenvalue weighted by atomic mass is 10.0. The number of nitrogens with one attached hydrogen (secondary N) is 3. The van der Waals surface area contributed by atoms with Gasteiger partial charge in [-0.25, -0.2) is 5.10 Å². The molecule has 3 N–H and O–H groups in total. The van der Waals surface area contributed by atoms with Gasteiger partial charge >= 0.3 is 6.18 Å². The Bertz CT molecular complexity index is 1490. The Labute approximate surface area is 227 Å².